The molecule has 11 heteroatoms. The first-order valence-electron chi connectivity index (χ1n) is 20.1. The molecule has 2 saturated heterocycles. The van der Waals surface area contributed by atoms with Crippen LogP contribution in [0.3, 0.4) is 0 Å². The van der Waals surface area contributed by atoms with Crippen LogP contribution in [-0.4, -0.2) is 64.0 Å². The molecule has 8 rings (SSSR count). The smallest absolute Gasteiger partial charge is 0.475 e. The van der Waals surface area contributed by atoms with Crippen molar-refractivity contribution in [1.29, 1.82) is 0 Å². The Kier molecular flexibility index (Phi) is 11.8. The van der Waals surface area contributed by atoms with Gasteiger partial charge in [-0.25, -0.2) is 4.79 Å². The van der Waals surface area contributed by atoms with Crippen LogP contribution in [0.15, 0.2) is 48.5 Å². The van der Waals surface area contributed by atoms with Crippen molar-refractivity contribution in [3.05, 3.63) is 70.8 Å². The Morgan fingerprint density at radius 1 is 0.566 bits per heavy atom. The first-order valence-corrected chi connectivity index (χ1v) is 20.1. The fourth-order valence-electron chi connectivity index (χ4n) is 10.6. The molecular weight excluding hydrogens is 681 g/mol. The SMILES string of the molecule is O=C(CCC(=O)N[C@H]1CC[C@H](CCN2[C@@H]3CC[C@H]2c2ccccc23)CC1)N[C@H]1CC[C@H](CCN2[C@@H]3CC[C@H]2c2ccccc23)CC1.O=C(O)C(F)(F)F. The normalized spacial score (nSPS) is 30.2. The third-order valence-electron chi connectivity index (χ3n) is 13.3. The lowest BCUT2D eigenvalue weighted by atomic mass is 9.83. The summed E-state index contributed by atoms with van der Waals surface area (Å²) in [6.45, 7) is 2.41. The highest BCUT2D eigenvalue weighted by molar-refractivity contribution is 5.84. The van der Waals surface area contributed by atoms with Gasteiger partial charge in [0.2, 0.25) is 11.8 Å². The second-order valence-electron chi connectivity index (χ2n) is 16.4. The number of hydrogen-bond acceptors (Lipinski definition) is 5. The van der Waals surface area contributed by atoms with E-state index in [9.17, 15) is 22.8 Å². The topological polar surface area (TPSA) is 102 Å². The number of fused-ring (bicyclic) bond motifs is 10. The highest BCUT2D eigenvalue weighted by atomic mass is 19.4. The van der Waals surface area contributed by atoms with Gasteiger partial charge in [0.15, 0.2) is 0 Å². The molecule has 0 radical (unpaired) electrons. The predicted octanol–water partition coefficient (Wildman–Crippen LogP) is 8.31. The van der Waals surface area contributed by atoms with Gasteiger partial charge in [-0.15, -0.1) is 0 Å². The number of nitrogens with zero attached hydrogens (tertiary/aromatic N) is 2. The van der Waals surface area contributed by atoms with Gasteiger partial charge in [0.1, 0.15) is 0 Å². The Bertz CT molecular complexity index is 1440. The number of amides is 2. The largest absolute Gasteiger partial charge is 0.490 e. The zero-order chi connectivity index (χ0) is 37.1. The van der Waals surface area contributed by atoms with E-state index in [1.54, 1.807) is 22.3 Å². The maximum Gasteiger partial charge on any atom is 0.490 e. The van der Waals surface area contributed by atoms with Crippen LogP contribution >= 0.6 is 0 Å². The molecule has 0 unspecified atom stereocenters. The van der Waals surface area contributed by atoms with Crippen LogP contribution in [0, 0.1) is 11.8 Å². The Morgan fingerprint density at radius 3 is 1.15 bits per heavy atom. The summed E-state index contributed by atoms with van der Waals surface area (Å²) in [7, 11) is 0. The van der Waals surface area contributed by atoms with Crippen molar-refractivity contribution >= 4 is 17.8 Å². The molecule has 0 aromatic heterocycles. The summed E-state index contributed by atoms with van der Waals surface area (Å²) in [6.07, 6.45) is 12.5. The number of carbonyl (C=O) groups is 3. The Hall–Kier alpha value is -3.44. The first kappa shape index (κ1) is 37.9. The van der Waals surface area contributed by atoms with Crippen LogP contribution in [0.25, 0.3) is 0 Å². The third kappa shape index (κ3) is 8.77. The van der Waals surface area contributed by atoms with Crippen LogP contribution in [0.2, 0.25) is 0 Å². The summed E-state index contributed by atoms with van der Waals surface area (Å²) < 4.78 is 31.7. The van der Waals surface area contributed by atoms with Gasteiger partial charge in [-0.2, -0.15) is 13.2 Å². The van der Waals surface area contributed by atoms with E-state index in [1.165, 1.54) is 77.3 Å². The molecule has 2 aliphatic carbocycles. The van der Waals surface area contributed by atoms with E-state index < -0.39 is 12.1 Å². The number of aliphatic carboxylic acids is 1. The van der Waals surface area contributed by atoms with Crippen molar-refractivity contribution in [3.63, 3.8) is 0 Å². The Labute approximate surface area is 311 Å². The number of hydrogen-bond donors (Lipinski definition) is 3. The summed E-state index contributed by atoms with van der Waals surface area (Å²) in [4.78, 5) is 39.9. The van der Waals surface area contributed by atoms with Gasteiger partial charge < -0.3 is 15.7 Å². The molecule has 2 aromatic carbocycles. The molecule has 4 bridgehead atoms. The summed E-state index contributed by atoms with van der Waals surface area (Å²) in [5.41, 5.74) is 6.31. The van der Waals surface area contributed by atoms with Gasteiger partial charge in [0.25, 0.3) is 0 Å². The molecule has 8 nitrogen and oxygen atoms in total. The molecule has 6 aliphatic rings. The number of alkyl halides is 3. The number of benzene rings is 2. The van der Waals surface area contributed by atoms with Crippen molar-refractivity contribution in [2.75, 3.05) is 13.1 Å². The molecule has 53 heavy (non-hydrogen) atoms. The number of halogens is 3. The van der Waals surface area contributed by atoms with E-state index in [1.807, 2.05) is 0 Å². The average molecular weight is 737 g/mol. The van der Waals surface area contributed by atoms with E-state index in [0.717, 1.165) is 37.5 Å². The highest BCUT2D eigenvalue weighted by Crippen LogP contribution is 2.54. The summed E-state index contributed by atoms with van der Waals surface area (Å²) >= 11 is 0. The van der Waals surface area contributed by atoms with Crippen LogP contribution in [0.4, 0.5) is 13.2 Å². The zero-order valence-corrected chi connectivity index (χ0v) is 30.7. The van der Waals surface area contributed by atoms with E-state index in [4.69, 9.17) is 9.90 Å². The Balaban J connectivity index is 0.000000568. The monoisotopic (exact) mass is 736 g/mol. The van der Waals surface area contributed by atoms with Crippen molar-refractivity contribution in [2.24, 2.45) is 11.8 Å². The van der Waals surface area contributed by atoms with Crippen molar-refractivity contribution in [1.82, 2.24) is 20.4 Å². The number of nitrogens with one attached hydrogen (secondary N) is 2. The highest BCUT2D eigenvalue weighted by Gasteiger charge is 2.44. The number of carboxylic acid groups (broad SMARTS) is 1. The second kappa shape index (κ2) is 16.5. The van der Waals surface area contributed by atoms with E-state index in [2.05, 4.69) is 69.0 Å². The zero-order valence-electron chi connectivity index (χ0n) is 30.7. The number of rotatable bonds is 11. The maximum absolute atomic E-state index is 12.7. The molecule has 288 valence electrons. The van der Waals surface area contributed by atoms with Gasteiger partial charge in [-0.05, 0) is 137 Å². The van der Waals surface area contributed by atoms with Gasteiger partial charge in [-0.1, -0.05) is 48.5 Å². The molecule has 2 saturated carbocycles. The summed E-state index contributed by atoms with van der Waals surface area (Å²) in [5.74, 6) is -1.12. The molecule has 2 amide bonds. The lowest BCUT2D eigenvalue weighted by Gasteiger charge is -2.31. The third-order valence-corrected chi connectivity index (χ3v) is 13.3. The molecule has 0 spiro atoms. The van der Waals surface area contributed by atoms with Crippen molar-refractivity contribution in [2.45, 2.75) is 145 Å². The van der Waals surface area contributed by atoms with Gasteiger partial charge in [0, 0.05) is 49.1 Å². The van der Waals surface area contributed by atoms with E-state index in [-0.39, 0.29) is 23.9 Å². The standard InChI is InChI=1S/C40H54N4O2.C2HF3O2/c45-39(41-29-13-9-27(10-14-29)23-25-43-35-17-18-36(43)32-6-2-1-5-31(32)35)21-22-40(46)42-30-15-11-28(12-16-30)24-26-44-37-19-20-38(44)34-8-4-3-7-33(34)37;3-2(4,5)1(6)7/h1-8,27-30,35-38H,9-26H2,(H,41,45)(H,42,46);(H,6,7)/t27-,28-,29-,30-,35-,36+,37-,38+;. The van der Waals surface area contributed by atoms with Crippen LogP contribution in [0.5, 0.6) is 0 Å². The molecule has 2 aromatic rings. The minimum Gasteiger partial charge on any atom is -0.475 e. The molecule has 3 N–H and O–H groups in total. The van der Waals surface area contributed by atoms with Crippen molar-refractivity contribution in [3.8, 4) is 0 Å². The minimum absolute atomic E-state index is 0.0479. The molecule has 4 fully saturated rings. The molecule has 4 atom stereocenters. The summed E-state index contributed by atoms with van der Waals surface area (Å²) in [5, 5.41) is 13.6. The quantitative estimate of drug-likeness (QED) is 0.215. The molecular formula is C42H55F3N4O4. The average Bonchev–Trinajstić information content (AvgIpc) is 3.92. The summed E-state index contributed by atoms with van der Waals surface area (Å²) in [6, 6.07) is 21.3. The van der Waals surface area contributed by atoms with Gasteiger partial charge in [0.05, 0.1) is 0 Å². The minimum atomic E-state index is -5.08. The number of carbonyl (C=O) groups excluding carboxylic acids is 2. The lowest BCUT2D eigenvalue weighted by molar-refractivity contribution is -0.192. The Morgan fingerprint density at radius 2 is 0.868 bits per heavy atom. The van der Waals surface area contributed by atoms with E-state index >= 15 is 0 Å². The molecule has 4 aliphatic heterocycles. The number of carboxylic acids is 1. The predicted molar refractivity (Wildman–Crippen MR) is 196 cm³/mol. The van der Waals surface area contributed by atoms with Gasteiger partial charge in [-0.3, -0.25) is 19.4 Å². The van der Waals surface area contributed by atoms with Crippen LogP contribution in [-0.2, 0) is 14.4 Å². The maximum atomic E-state index is 12.7. The van der Waals surface area contributed by atoms with Crippen LogP contribution in [0.1, 0.15) is 149 Å². The lowest BCUT2D eigenvalue weighted by Crippen LogP contribution is -2.40. The second-order valence-corrected chi connectivity index (χ2v) is 16.4. The van der Waals surface area contributed by atoms with Crippen molar-refractivity contribution < 1.29 is 32.7 Å². The molecule has 4 heterocycles. The fourth-order valence-corrected chi connectivity index (χ4v) is 10.6. The van der Waals surface area contributed by atoms with E-state index in [0.29, 0.717) is 37.0 Å². The van der Waals surface area contributed by atoms with Gasteiger partial charge >= 0.3 is 12.1 Å². The fraction of sp³-hybridized carbons (Fsp3) is 0.643. The van der Waals surface area contributed by atoms with Crippen LogP contribution < -0.4 is 10.6 Å². The first-order chi connectivity index (χ1) is 25.5.